The van der Waals surface area contributed by atoms with Crippen LogP contribution in [0.1, 0.15) is 13.8 Å². The van der Waals surface area contributed by atoms with Gasteiger partial charge in [-0.25, -0.2) is 0 Å². The average Bonchev–Trinajstić information content (AvgIpc) is 3.27. The third-order valence-corrected chi connectivity index (χ3v) is 11.1. The van der Waals surface area contributed by atoms with Gasteiger partial charge in [-0.3, -0.25) is 0 Å². The summed E-state index contributed by atoms with van der Waals surface area (Å²) in [5.74, 6) is 0.932. The van der Waals surface area contributed by atoms with Crippen molar-refractivity contribution in [3.05, 3.63) is 103 Å². The van der Waals surface area contributed by atoms with Crippen LogP contribution < -0.4 is 21.3 Å². The van der Waals surface area contributed by atoms with Gasteiger partial charge in [-0.1, -0.05) is 0 Å². The Balaban J connectivity index is 1.67. The Morgan fingerprint density at radius 1 is 0.774 bits per heavy atom. The fourth-order valence-electron chi connectivity index (χ4n) is 4.68. The van der Waals surface area contributed by atoms with Crippen molar-refractivity contribution in [1.29, 1.82) is 0 Å². The summed E-state index contributed by atoms with van der Waals surface area (Å²) < 4.78 is 0. The maximum atomic E-state index is 5.10. The van der Waals surface area contributed by atoms with E-state index in [0.717, 1.165) is 23.4 Å². The minimum atomic E-state index is -2.35. The van der Waals surface area contributed by atoms with Crippen molar-refractivity contribution < 1.29 is 0 Å². The molecule has 5 rings (SSSR count). The number of hydrazine groups is 1. The molecule has 0 aliphatic carbocycles. The predicted molar refractivity (Wildman–Crippen MR) is 134 cm³/mol. The Labute approximate surface area is 184 Å². The van der Waals surface area contributed by atoms with Gasteiger partial charge in [0.25, 0.3) is 0 Å². The number of rotatable bonds is 5. The van der Waals surface area contributed by atoms with E-state index in [1.54, 1.807) is 0 Å². The zero-order valence-electron chi connectivity index (χ0n) is 17.9. The van der Waals surface area contributed by atoms with Crippen LogP contribution in [0.25, 0.3) is 0 Å². The molecule has 0 spiro atoms. The maximum absolute atomic E-state index is 5.10. The molecule has 0 aromatic heterocycles. The molecule has 0 saturated heterocycles. The van der Waals surface area contributed by atoms with Gasteiger partial charge in [0, 0.05) is 0 Å². The van der Waals surface area contributed by atoms with Gasteiger partial charge < -0.3 is 0 Å². The number of nitrogens with one attached hydrogen (secondary N) is 1. The zero-order chi connectivity index (χ0) is 21.3. The third kappa shape index (κ3) is 3.52. The second kappa shape index (κ2) is 8.22. The number of hydrogen-bond donors (Lipinski definition) is 1. The summed E-state index contributed by atoms with van der Waals surface area (Å²) in [5, 5.41) is 6.29. The van der Waals surface area contributed by atoms with Gasteiger partial charge in [0.2, 0.25) is 0 Å². The first kappa shape index (κ1) is 19.9. The van der Waals surface area contributed by atoms with Gasteiger partial charge in [0.1, 0.15) is 0 Å². The van der Waals surface area contributed by atoms with E-state index in [1.165, 1.54) is 15.9 Å². The Morgan fingerprint density at radius 3 is 1.71 bits per heavy atom. The van der Waals surface area contributed by atoms with Crippen molar-refractivity contribution in [3.63, 3.8) is 0 Å². The normalized spacial score (nSPS) is 18.7. The fraction of sp³-hybridized carbons (Fsp3) is 0.154. The predicted octanol–water partition coefficient (Wildman–Crippen LogP) is 3.59. The van der Waals surface area contributed by atoms with Crippen molar-refractivity contribution in [3.8, 4) is 0 Å². The first-order valence-electron chi connectivity index (χ1n) is 10.7. The van der Waals surface area contributed by atoms with Crippen LogP contribution in [0.3, 0.4) is 0 Å². The molecule has 0 fully saturated rings. The second-order valence-corrected chi connectivity index (χ2v) is 12.1. The van der Waals surface area contributed by atoms with E-state index in [0.29, 0.717) is 0 Å². The van der Waals surface area contributed by atoms with E-state index in [2.05, 4.69) is 113 Å². The van der Waals surface area contributed by atoms with Crippen LogP contribution in [0.2, 0.25) is 0 Å². The number of fused-ring (bicyclic) bond motifs is 1. The molecule has 3 aromatic carbocycles. The molecule has 0 amide bonds. The summed E-state index contributed by atoms with van der Waals surface area (Å²) in [6, 6.07) is 33.0. The number of aliphatic imine (C=N–C) groups is 2. The van der Waals surface area contributed by atoms with E-state index in [-0.39, 0.29) is 6.17 Å². The second-order valence-electron chi connectivity index (χ2n) is 8.13. The minimum absolute atomic E-state index is 0.0196. The summed E-state index contributed by atoms with van der Waals surface area (Å²) in [6.45, 7) is 4.09. The summed E-state index contributed by atoms with van der Waals surface area (Å²) in [4.78, 5) is 9.61. The topological polar surface area (TPSA) is 40.0 Å². The zero-order valence-corrected chi connectivity index (χ0v) is 18.9. The van der Waals surface area contributed by atoms with Crippen LogP contribution in [0, 0.1) is 0 Å². The van der Waals surface area contributed by atoms with Crippen LogP contribution in [0.5, 0.6) is 0 Å². The van der Waals surface area contributed by atoms with Gasteiger partial charge in [-0.05, 0) is 0 Å². The monoisotopic (exact) mass is 426 g/mol. The molecule has 31 heavy (non-hydrogen) atoms. The van der Waals surface area contributed by atoms with Crippen LogP contribution in [-0.4, -0.2) is 28.9 Å². The molecule has 5 heteroatoms. The Hall–Kier alpha value is -3.07. The van der Waals surface area contributed by atoms with Gasteiger partial charge in [0.15, 0.2) is 0 Å². The van der Waals surface area contributed by atoms with Gasteiger partial charge in [-0.15, -0.1) is 0 Å². The van der Waals surface area contributed by atoms with Crippen LogP contribution >= 0.6 is 7.26 Å². The average molecular weight is 427 g/mol. The number of benzene rings is 3. The molecule has 0 radical (unpaired) electrons. The molecular formula is C26H27N4P. The van der Waals surface area contributed by atoms with E-state index in [1.807, 2.05) is 13.1 Å². The van der Waals surface area contributed by atoms with Gasteiger partial charge >= 0.3 is 184 Å². The van der Waals surface area contributed by atoms with Crippen molar-refractivity contribution >= 4 is 34.7 Å². The third-order valence-electron chi connectivity index (χ3n) is 6.19. The number of nitrogens with zero attached hydrogens (tertiary/aromatic N) is 3. The summed E-state index contributed by atoms with van der Waals surface area (Å²) >= 11 is 0. The molecule has 1 atom stereocenters. The van der Waals surface area contributed by atoms with Crippen LogP contribution in [0.4, 0.5) is 0 Å². The molecular weight excluding hydrogens is 399 g/mol. The first-order chi connectivity index (χ1) is 15.2. The molecule has 0 saturated carbocycles. The number of allylic oxidation sites excluding steroid dienone is 1. The molecule has 2 aliphatic heterocycles. The Morgan fingerprint density at radius 2 is 1.26 bits per heavy atom. The summed E-state index contributed by atoms with van der Waals surface area (Å²) in [6.07, 6.45) is 2.81. The molecule has 0 bridgehead atoms. The molecule has 2 heterocycles. The molecule has 1 unspecified atom stereocenters. The summed E-state index contributed by atoms with van der Waals surface area (Å²) in [7, 11) is -2.35. The Kier molecular flexibility index (Phi) is 5.27. The number of amidine groups is 1. The van der Waals surface area contributed by atoms with Crippen LogP contribution in [0.15, 0.2) is 113 Å². The molecule has 4 nitrogen and oxygen atoms in total. The van der Waals surface area contributed by atoms with Crippen molar-refractivity contribution in [1.82, 2.24) is 10.4 Å². The van der Waals surface area contributed by atoms with E-state index in [9.17, 15) is 0 Å². The fourth-order valence-corrected chi connectivity index (χ4v) is 9.43. The molecule has 3 aromatic rings. The molecule has 156 valence electrons. The SMILES string of the molecule is CC1=CN=C(C)C2=NC(C[PH](c3ccccc3)(c3ccccc3)c3ccccc3)NN12. The molecule has 1 N–H and O–H groups in total. The quantitative estimate of drug-likeness (QED) is 0.634. The number of hydrogen-bond acceptors (Lipinski definition) is 4. The van der Waals surface area contributed by atoms with E-state index in [4.69, 9.17) is 4.99 Å². The van der Waals surface area contributed by atoms with Gasteiger partial charge in [0.05, 0.1) is 0 Å². The van der Waals surface area contributed by atoms with E-state index >= 15 is 0 Å². The first-order valence-corrected chi connectivity index (χ1v) is 12.9. The molecule has 2 aliphatic rings. The van der Waals surface area contributed by atoms with Crippen molar-refractivity contribution in [2.45, 2.75) is 20.0 Å². The van der Waals surface area contributed by atoms with Gasteiger partial charge in [-0.2, -0.15) is 0 Å². The Bertz CT molecular complexity index is 1060. The summed E-state index contributed by atoms with van der Waals surface area (Å²) in [5.41, 5.74) is 5.67. The van der Waals surface area contributed by atoms with Crippen LogP contribution in [-0.2, 0) is 0 Å². The van der Waals surface area contributed by atoms with Crippen molar-refractivity contribution in [2.75, 3.05) is 6.16 Å². The van der Waals surface area contributed by atoms with Crippen molar-refractivity contribution in [2.24, 2.45) is 9.98 Å². The van der Waals surface area contributed by atoms with E-state index < -0.39 is 7.26 Å². The standard InChI is InChI=1S/C26H27N4P/c1-20-18-27-21(2)26-28-25(29-30(20)26)19-31(22-12-6-3-7-13-22,23-14-8-4-9-15-23)24-16-10-5-11-17-24/h3-18,25,29,31H,19H2,1-2H3.